The molecule has 4 nitrogen and oxygen atoms in total. The molecule has 0 saturated carbocycles. The second-order valence-corrected chi connectivity index (χ2v) is 6.27. The van der Waals surface area contributed by atoms with Crippen LogP contribution < -0.4 is 0 Å². The Kier molecular flexibility index (Phi) is 4.28. The third-order valence-corrected chi connectivity index (χ3v) is 4.55. The number of ether oxygens (including phenoxy) is 1. The lowest BCUT2D eigenvalue weighted by Crippen LogP contribution is -2.04. The first-order valence-corrected chi connectivity index (χ1v) is 8.05. The Morgan fingerprint density at radius 2 is 2.05 bits per heavy atom. The van der Waals surface area contributed by atoms with E-state index in [0.29, 0.717) is 15.6 Å². The number of carbonyl (C=O) groups excluding carboxylic acids is 1. The number of esters is 1. The number of carbonyl (C=O) groups is 1. The van der Waals surface area contributed by atoms with Gasteiger partial charge in [0.05, 0.1) is 4.88 Å². The summed E-state index contributed by atoms with van der Waals surface area (Å²) in [6.07, 6.45) is 0. The number of hydrogen-bond acceptors (Lipinski definition) is 6. The number of thiophene rings is 1. The largest absolute Gasteiger partial charge is 0.457 e. The molecule has 0 N–H and O–H groups in total. The Hall–Kier alpha value is -1.76. The Morgan fingerprint density at radius 1 is 1.24 bits per heavy atom. The van der Waals surface area contributed by atoms with Gasteiger partial charge in [0, 0.05) is 5.02 Å². The van der Waals surface area contributed by atoms with E-state index in [-0.39, 0.29) is 6.61 Å². The van der Waals surface area contributed by atoms with Crippen LogP contribution in [0.4, 0.5) is 0 Å². The quantitative estimate of drug-likeness (QED) is 0.667. The summed E-state index contributed by atoms with van der Waals surface area (Å²) in [4.78, 5) is 13.5. The van der Waals surface area contributed by atoms with E-state index >= 15 is 0 Å². The highest BCUT2D eigenvalue weighted by atomic mass is 35.5. The zero-order valence-corrected chi connectivity index (χ0v) is 13.0. The lowest BCUT2D eigenvalue weighted by molar-refractivity contribution is 0.0479. The highest BCUT2D eigenvalue weighted by Crippen LogP contribution is 2.28. The summed E-state index contributed by atoms with van der Waals surface area (Å²) in [6, 6.07) is 11.0. The summed E-state index contributed by atoms with van der Waals surface area (Å²) >= 11 is 8.37. The van der Waals surface area contributed by atoms with Gasteiger partial charge in [0.2, 0.25) is 0 Å². The van der Waals surface area contributed by atoms with Crippen molar-refractivity contribution in [3.05, 3.63) is 57.2 Å². The fourth-order valence-corrected chi connectivity index (χ4v) is 3.18. The first kappa shape index (κ1) is 14.2. The summed E-state index contributed by atoms with van der Waals surface area (Å²) in [7, 11) is 0. The Labute approximate surface area is 134 Å². The third kappa shape index (κ3) is 3.29. The molecule has 0 atom stereocenters. The molecule has 0 radical (unpaired) electrons. The van der Waals surface area contributed by atoms with Crippen molar-refractivity contribution in [2.24, 2.45) is 0 Å². The maximum atomic E-state index is 12.1. The smallest absolute Gasteiger partial charge is 0.352 e. The minimum atomic E-state index is -0.414. The van der Waals surface area contributed by atoms with Crippen LogP contribution in [0.2, 0.25) is 5.02 Å². The molecule has 3 aromatic rings. The molecule has 1 aromatic carbocycles. The maximum absolute atomic E-state index is 12.1. The van der Waals surface area contributed by atoms with Crippen LogP contribution in [0.5, 0.6) is 0 Å². The van der Waals surface area contributed by atoms with E-state index in [0.717, 1.165) is 22.0 Å². The molecular formula is C14H9ClN2O2S2. The molecule has 0 bridgehead atoms. The first-order chi connectivity index (χ1) is 10.2. The summed E-state index contributed by atoms with van der Waals surface area (Å²) in [5, 5.41) is 6.58. The normalized spacial score (nSPS) is 10.5. The van der Waals surface area contributed by atoms with Gasteiger partial charge in [-0.15, -0.1) is 16.4 Å². The summed E-state index contributed by atoms with van der Waals surface area (Å²) < 4.78 is 9.15. The van der Waals surface area contributed by atoms with Gasteiger partial charge in [-0.1, -0.05) is 34.3 Å². The van der Waals surface area contributed by atoms with Gasteiger partial charge in [0.15, 0.2) is 4.88 Å². The average molecular weight is 337 g/mol. The number of halogens is 1. The Morgan fingerprint density at radius 3 is 2.76 bits per heavy atom. The van der Waals surface area contributed by atoms with Crippen LogP contribution in [-0.2, 0) is 11.3 Å². The second-order valence-electron chi connectivity index (χ2n) is 4.13. The predicted octanol–water partition coefficient (Wildman–Crippen LogP) is 4.28. The van der Waals surface area contributed by atoms with Gasteiger partial charge in [-0.2, -0.15) is 0 Å². The average Bonchev–Trinajstić information content (AvgIpc) is 3.16. The van der Waals surface area contributed by atoms with Crippen LogP contribution >= 0.6 is 34.5 Å². The fraction of sp³-hybridized carbons (Fsp3) is 0.0714. The molecule has 3 rings (SSSR count). The number of aromatic nitrogens is 2. The van der Waals surface area contributed by atoms with Crippen LogP contribution in [0.25, 0.3) is 10.6 Å². The van der Waals surface area contributed by atoms with Crippen molar-refractivity contribution < 1.29 is 9.53 Å². The van der Waals surface area contributed by atoms with Crippen molar-refractivity contribution in [1.82, 2.24) is 9.59 Å². The molecule has 2 aromatic heterocycles. The zero-order chi connectivity index (χ0) is 14.7. The van der Waals surface area contributed by atoms with Gasteiger partial charge in [-0.05, 0) is 40.7 Å². The molecule has 21 heavy (non-hydrogen) atoms. The number of benzene rings is 1. The lowest BCUT2D eigenvalue weighted by atomic mass is 10.2. The van der Waals surface area contributed by atoms with E-state index in [4.69, 9.17) is 16.3 Å². The van der Waals surface area contributed by atoms with Crippen LogP contribution in [0, 0.1) is 0 Å². The fourth-order valence-electron chi connectivity index (χ4n) is 1.69. The standard InChI is InChI=1S/C14H9ClN2O2S2/c15-10-5-3-9(4-6-10)8-19-14(18)13-12(16-17-21-13)11-2-1-7-20-11/h1-7H,8H2. The third-order valence-electron chi connectivity index (χ3n) is 2.71. The molecule has 0 aliphatic heterocycles. The van der Waals surface area contributed by atoms with E-state index < -0.39 is 5.97 Å². The number of hydrogen-bond donors (Lipinski definition) is 0. The summed E-state index contributed by atoms with van der Waals surface area (Å²) in [5.74, 6) is -0.414. The van der Waals surface area contributed by atoms with Gasteiger partial charge in [-0.3, -0.25) is 0 Å². The second kappa shape index (κ2) is 6.34. The molecule has 7 heteroatoms. The summed E-state index contributed by atoms with van der Waals surface area (Å²) in [6.45, 7) is 0.192. The van der Waals surface area contributed by atoms with Gasteiger partial charge in [0.25, 0.3) is 0 Å². The maximum Gasteiger partial charge on any atom is 0.352 e. The molecule has 0 aliphatic carbocycles. The molecule has 0 spiro atoms. The van der Waals surface area contributed by atoms with Crippen molar-refractivity contribution in [3.63, 3.8) is 0 Å². The van der Waals surface area contributed by atoms with Crippen LogP contribution in [0.3, 0.4) is 0 Å². The van der Waals surface area contributed by atoms with Crippen molar-refractivity contribution in [1.29, 1.82) is 0 Å². The van der Waals surface area contributed by atoms with E-state index in [9.17, 15) is 4.79 Å². The molecule has 0 fully saturated rings. The highest BCUT2D eigenvalue weighted by Gasteiger charge is 2.19. The molecule has 2 heterocycles. The minimum absolute atomic E-state index is 0.192. The zero-order valence-electron chi connectivity index (χ0n) is 10.7. The van der Waals surface area contributed by atoms with Gasteiger partial charge in [-0.25, -0.2) is 4.79 Å². The van der Waals surface area contributed by atoms with E-state index in [1.54, 1.807) is 12.1 Å². The van der Waals surface area contributed by atoms with Crippen molar-refractivity contribution >= 4 is 40.4 Å². The van der Waals surface area contributed by atoms with Crippen LogP contribution in [0.15, 0.2) is 41.8 Å². The topological polar surface area (TPSA) is 52.1 Å². The minimum Gasteiger partial charge on any atom is -0.457 e. The van der Waals surface area contributed by atoms with Crippen LogP contribution in [-0.4, -0.2) is 15.6 Å². The van der Waals surface area contributed by atoms with Crippen LogP contribution in [0.1, 0.15) is 15.2 Å². The molecule has 0 saturated heterocycles. The molecule has 0 unspecified atom stereocenters. The monoisotopic (exact) mass is 336 g/mol. The van der Waals surface area contributed by atoms with Crippen molar-refractivity contribution in [2.45, 2.75) is 6.61 Å². The van der Waals surface area contributed by atoms with Gasteiger partial charge >= 0.3 is 5.97 Å². The molecular weight excluding hydrogens is 328 g/mol. The van der Waals surface area contributed by atoms with Gasteiger partial charge < -0.3 is 4.74 Å². The molecule has 0 aliphatic rings. The number of rotatable bonds is 4. The van der Waals surface area contributed by atoms with Crippen molar-refractivity contribution in [2.75, 3.05) is 0 Å². The van der Waals surface area contributed by atoms with E-state index in [1.807, 2.05) is 29.6 Å². The Balaban J connectivity index is 1.72. The van der Waals surface area contributed by atoms with E-state index in [1.165, 1.54) is 11.3 Å². The first-order valence-electron chi connectivity index (χ1n) is 6.02. The SMILES string of the molecule is O=C(OCc1ccc(Cl)cc1)c1snnc1-c1cccs1. The highest BCUT2D eigenvalue weighted by molar-refractivity contribution is 7.14. The van der Waals surface area contributed by atoms with Crippen molar-refractivity contribution in [3.8, 4) is 10.6 Å². The number of nitrogens with zero attached hydrogens (tertiary/aromatic N) is 2. The molecule has 106 valence electrons. The van der Waals surface area contributed by atoms with E-state index in [2.05, 4.69) is 9.59 Å². The van der Waals surface area contributed by atoms with Gasteiger partial charge in [0.1, 0.15) is 12.3 Å². The molecule has 0 amide bonds. The summed E-state index contributed by atoms with van der Waals surface area (Å²) in [5.41, 5.74) is 1.46. The predicted molar refractivity (Wildman–Crippen MR) is 83.8 cm³/mol. The lowest BCUT2D eigenvalue weighted by Gasteiger charge is -2.04. The Bertz CT molecular complexity index is 739.